The number of para-hydroxylation sites is 1. The maximum atomic E-state index is 12.8. The highest BCUT2D eigenvalue weighted by Gasteiger charge is 2.34. The quantitative estimate of drug-likeness (QED) is 0.761. The van der Waals surface area contributed by atoms with Gasteiger partial charge in [-0.25, -0.2) is 0 Å². The van der Waals surface area contributed by atoms with Crippen molar-refractivity contribution in [3.8, 4) is 0 Å². The number of benzene rings is 2. The fraction of sp³-hybridized carbons (Fsp3) is 0.318. The molecule has 6 nitrogen and oxygen atoms in total. The van der Waals surface area contributed by atoms with Crippen LogP contribution in [0.25, 0.3) is 0 Å². The van der Waals surface area contributed by atoms with Crippen LogP contribution < -0.4 is 5.32 Å². The van der Waals surface area contributed by atoms with Crippen LogP contribution in [0.15, 0.2) is 53.4 Å². The molecular weight excluding hydrogens is 386 g/mol. The zero-order valence-electron chi connectivity index (χ0n) is 16.8. The van der Waals surface area contributed by atoms with Gasteiger partial charge in [0.1, 0.15) is 0 Å². The van der Waals surface area contributed by atoms with E-state index >= 15 is 0 Å². The van der Waals surface area contributed by atoms with Gasteiger partial charge >= 0.3 is 0 Å². The number of anilines is 1. The molecular formula is C22H25N3O3S. The van der Waals surface area contributed by atoms with Crippen LogP contribution in [0, 0.1) is 12.8 Å². The fourth-order valence-corrected chi connectivity index (χ4v) is 3.84. The summed E-state index contributed by atoms with van der Waals surface area (Å²) < 4.78 is 0. The molecule has 1 atom stereocenters. The summed E-state index contributed by atoms with van der Waals surface area (Å²) in [4.78, 5) is 41.1. The number of thioether (sulfide) groups is 1. The van der Waals surface area contributed by atoms with Gasteiger partial charge in [-0.1, -0.05) is 42.0 Å². The van der Waals surface area contributed by atoms with Crippen LogP contribution in [-0.2, 0) is 16.1 Å². The Kier molecular flexibility index (Phi) is 6.59. The van der Waals surface area contributed by atoms with Crippen molar-refractivity contribution in [2.45, 2.75) is 24.8 Å². The van der Waals surface area contributed by atoms with Crippen LogP contribution in [0.1, 0.15) is 17.5 Å². The lowest BCUT2D eigenvalue weighted by Crippen LogP contribution is -2.28. The van der Waals surface area contributed by atoms with Gasteiger partial charge in [-0.3, -0.25) is 14.4 Å². The normalized spacial score (nSPS) is 16.0. The first-order valence-corrected chi connectivity index (χ1v) is 10.3. The summed E-state index contributed by atoms with van der Waals surface area (Å²) in [6.45, 7) is 2.92. The van der Waals surface area contributed by atoms with E-state index in [1.54, 1.807) is 31.1 Å². The van der Waals surface area contributed by atoms with Crippen molar-refractivity contribution in [1.29, 1.82) is 0 Å². The van der Waals surface area contributed by atoms with Gasteiger partial charge in [0.2, 0.25) is 11.8 Å². The number of likely N-dealkylation sites (tertiary alicyclic amines) is 1. The van der Waals surface area contributed by atoms with Crippen molar-refractivity contribution >= 4 is 34.5 Å². The molecule has 0 saturated carbocycles. The Morgan fingerprint density at radius 2 is 1.83 bits per heavy atom. The van der Waals surface area contributed by atoms with Crippen molar-refractivity contribution in [3.63, 3.8) is 0 Å². The fourth-order valence-electron chi connectivity index (χ4n) is 3.09. The van der Waals surface area contributed by atoms with Crippen LogP contribution in [0.3, 0.4) is 0 Å². The first-order chi connectivity index (χ1) is 13.8. The SMILES string of the molecule is Cc1ccc(CN2CC(C(=O)Nc3ccccc3SC(=O)N(C)C)CC2=O)cc1. The average molecular weight is 412 g/mol. The minimum atomic E-state index is -0.407. The molecule has 0 radical (unpaired) electrons. The number of aryl methyl sites for hydroxylation is 1. The molecule has 1 heterocycles. The second kappa shape index (κ2) is 9.13. The number of hydrogen-bond acceptors (Lipinski definition) is 4. The standard InChI is InChI=1S/C22H25N3O3S/c1-15-8-10-16(11-9-15)13-25-14-17(12-20(25)26)21(27)23-18-6-4-5-7-19(18)29-22(28)24(2)3/h4-11,17H,12-14H2,1-3H3,(H,23,27). The topological polar surface area (TPSA) is 69.7 Å². The highest BCUT2D eigenvalue weighted by molar-refractivity contribution is 8.13. The Hall–Kier alpha value is -2.80. The van der Waals surface area contributed by atoms with E-state index in [1.165, 1.54) is 10.5 Å². The largest absolute Gasteiger partial charge is 0.339 e. The van der Waals surface area contributed by atoms with Crippen molar-refractivity contribution in [3.05, 3.63) is 59.7 Å². The van der Waals surface area contributed by atoms with Crippen LogP contribution in [0.2, 0.25) is 0 Å². The third-order valence-corrected chi connectivity index (χ3v) is 5.90. The molecule has 1 aliphatic rings. The molecule has 3 rings (SSSR count). The monoisotopic (exact) mass is 411 g/mol. The maximum Gasteiger partial charge on any atom is 0.286 e. The minimum Gasteiger partial charge on any atom is -0.339 e. The van der Waals surface area contributed by atoms with Crippen LogP contribution in [-0.4, -0.2) is 47.5 Å². The molecule has 0 aromatic heterocycles. The number of nitrogens with zero attached hydrogens (tertiary/aromatic N) is 2. The third kappa shape index (κ3) is 5.38. The van der Waals surface area contributed by atoms with Gasteiger partial charge in [0.05, 0.1) is 11.6 Å². The Balaban J connectivity index is 1.64. The van der Waals surface area contributed by atoms with Crippen LogP contribution >= 0.6 is 11.8 Å². The lowest BCUT2D eigenvalue weighted by atomic mass is 10.1. The molecule has 1 fully saturated rings. The molecule has 2 aromatic carbocycles. The second-order valence-electron chi connectivity index (χ2n) is 7.41. The number of rotatable bonds is 5. The number of amides is 3. The number of carbonyl (C=O) groups is 3. The Bertz CT molecular complexity index is 912. The number of carbonyl (C=O) groups excluding carboxylic acids is 3. The molecule has 1 aliphatic heterocycles. The van der Waals surface area contributed by atoms with Crippen LogP contribution in [0.4, 0.5) is 10.5 Å². The van der Waals surface area contributed by atoms with E-state index < -0.39 is 5.92 Å². The van der Waals surface area contributed by atoms with E-state index in [4.69, 9.17) is 0 Å². The first-order valence-electron chi connectivity index (χ1n) is 9.46. The first kappa shape index (κ1) is 20.9. The lowest BCUT2D eigenvalue weighted by Gasteiger charge is -2.17. The molecule has 2 aromatic rings. The van der Waals surface area contributed by atoms with Gasteiger partial charge in [-0.05, 0) is 36.4 Å². The lowest BCUT2D eigenvalue weighted by molar-refractivity contribution is -0.128. The van der Waals surface area contributed by atoms with Gasteiger partial charge in [-0.2, -0.15) is 0 Å². The summed E-state index contributed by atoms with van der Waals surface area (Å²) in [6.07, 6.45) is 0.198. The van der Waals surface area contributed by atoms with Gasteiger partial charge in [0, 0.05) is 38.5 Å². The second-order valence-corrected chi connectivity index (χ2v) is 8.40. The Labute approximate surface area is 175 Å². The summed E-state index contributed by atoms with van der Waals surface area (Å²) in [5, 5.41) is 2.78. The summed E-state index contributed by atoms with van der Waals surface area (Å²) in [7, 11) is 3.37. The zero-order chi connectivity index (χ0) is 21.0. The minimum absolute atomic E-state index is 0.0174. The van der Waals surface area contributed by atoms with Gasteiger partial charge in [0.25, 0.3) is 5.24 Å². The van der Waals surface area contributed by atoms with E-state index in [9.17, 15) is 14.4 Å². The van der Waals surface area contributed by atoms with Crippen molar-refractivity contribution in [2.75, 3.05) is 26.0 Å². The van der Waals surface area contributed by atoms with Crippen molar-refractivity contribution in [2.24, 2.45) is 5.92 Å². The number of hydrogen-bond donors (Lipinski definition) is 1. The molecule has 29 heavy (non-hydrogen) atoms. The van der Waals surface area contributed by atoms with Gasteiger partial charge < -0.3 is 15.1 Å². The molecule has 1 saturated heterocycles. The van der Waals surface area contributed by atoms with E-state index in [2.05, 4.69) is 5.32 Å². The summed E-state index contributed by atoms with van der Waals surface area (Å²) >= 11 is 1.06. The summed E-state index contributed by atoms with van der Waals surface area (Å²) in [6, 6.07) is 15.2. The van der Waals surface area contributed by atoms with E-state index in [0.29, 0.717) is 23.7 Å². The van der Waals surface area contributed by atoms with Crippen molar-refractivity contribution < 1.29 is 14.4 Å². The zero-order valence-corrected chi connectivity index (χ0v) is 17.7. The highest BCUT2D eigenvalue weighted by Crippen LogP contribution is 2.30. The van der Waals surface area contributed by atoms with E-state index in [1.807, 2.05) is 43.3 Å². The summed E-state index contributed by atoms with van der Waals surface area (Å²) in [5.41, 5.74) is 2.80. The molecule has 0 aliphatic carbocycles. The molecule has 1 N–H and O–H groups in total. The van der Waals surface area contributed by atoms with Crippen LogP contribution in [0.5, 0.6) is 0 Å². The predicted molar refractivity (Wildman–Crippen MR) is 115 cm³/mol. The number of nitrogens with one attached hydrogen (secondary N) is 1. The summed E-state index contributed by atoms with van der Waals surface area (Å²) in [5.74, 6) is -0.623. The Morgan fingerprint density at radius 3 is 2.52 bits per heavy atom. The van der Waals surface area contributed by atoms with E-state index in [0.717, 1.165) is 17.3 Å². The molecule has 7 heteroatoms. The molecule has 152 valence electrons. The van der Waals surface area contributed by atoms with Gasteiger partial charge in [0.15, 0.2) is 0 Å². The molecule has 1 unspecified atom stereocenters. The predicted octanol–water partition coefficient (Wildman–Crippen LogP) is 3.76. The smallest absolute Gasteiger partial charge is 0.286 e. The molecule has 0 bridgehead atoms. The molecule has 3 amide bonds. The maximum absolute atomic E-state index is 12.8. The Morgan fingerprint density at radius 1 is 1.14 bits per heavy atom. The third-order valence-electron chi connectivity index (χ3n) is 4.79. The molecule has 0 spiro atoms. The highest BCUT2D eigenvalue weighted by atomic mass is 32.2. The van der Waals surface area contributed by atoms with Gasteiger partial charge in [-0.15, -0.1) is 0 Å². The van der Waals surface area contributed by atoms with Crippen molar-refractivity contribution in [1.82, 2.24) is 9.80 Å². The average Bonchev–Trinajstić information content (AvgIpc) is 3.05. The van der Waals surface area contributed by atoms with E-state index in [-0.39, 0.29) is 23.5 Å².